The molecule has 23 heavy (non-hydrogen) atoms. The summed E-state index contributed by atoms with van der Waals surface area (Å²) in [7, 11) is 0. The van der Waals surface area contributed by atoms with E-state index in [1.165, 1.54) is 6.42 Å². The molecule has 2 unspecified atom stereocenters. The Kier molecular flexibility index (Phi) is 2.45. The van der Waals surface area contributed by atoms with Gasteiger partial charge in [0.05, 0.1) is 11.8 Å². The molecule has 126 valence electrons. The molecule has 7 rings (SSSR count). The Morgan fingerprint density at radius 1 is 1.04 bits per heavy atom. The molecule has 7 aliphatic carbocycles. The Bertz CT molecular complexity index is 576. The summed E-state index contributed by atoms with van der Waals surface area (Å²) in [6.07, 6.45) is 9.95. The summed E-state index contributed by atoms with van der Waals surface area (Å²) in [6.45, 7) is 2.29. The number of carbonyl (C=O) groups is 2. The van der Waals surface area contributed by atoms with Crippen LogP contribution in [0.4, 0.5) is 0 Å². The fourth-order valence-corrected chi connectivity index (χ4v) is 8.04. The fraction of sp³-hybridized carbons (Fsp3) is 0.895. The highest BCUT2D eigenvalue weighted by molar-refractivity contribution is 5.87. The molecule has 7 aliphatic rings. The molecule has 7 saturated carbocycles. The maximum Gasteiger partial charge on any atom is 0.303 e. The van der Waals surface area contributed by atoms with E-state index in [0.717, 1.165) is 51.4 Å². The first kappa shape index (κ1) is 14.3. The van der Waals surface area contributed by atoms with Gasteiger partial charge in [0.15, 0.2) is 0 Å². The molecule has 0 spiro atoms. The van der Waals surface area contributed by atoms with Crippen LogP contribution in [0.3, 0.4) is 0 Å². The van der Waals surface area contributed by atoms with Gasteiger partial charge in [0, 0.05) is 5.54 Å². The van der Waals surface area contributed by atoms with E-state index in [4.69, 9.17) is 0 Å². The highest BCUT2D eigenvalue weighted by Gasteiger charge is 2.70. The summed E-state index contributed by atoms with van der Waals surface area (Å²) >= 11 is 0. The van der Waals surface area contributed by atoms with E-state index in [-0.39, 0.29) is 22.3 Å². The van der Waals surface area contributed by atoms with Crippen LogP contribution >= 0.6 is 0 Å². The highest BCUT2D eigenvalue weighted by atomic mass is 16.4. The Morgan fingerprint density at radius 3 is 2.17 bits per heavy atom. The predicted octanol–water partition coefficient (Wildman–Crippen LogP) is 3.11. The maximum atomic E-state index is 12.9. The van der Waals surface area contributed by atoms with Gasteiger partial charge in [-0.1, -0.05) is 6.92 Å². The zero-order valence-corrected chi connectivity index (χ0v) is 14.0. The molecule has 0 aromatic carbocycles. The maximum absolute atomic E-state index is 12.9. The number of nitrogens with one attached hydrogen (secondary N) is 1. The van der Waals surface area contributed by atoms with Crippen molar-refractivity contribution in [1.29, 1.82) is 0 Å². The molecule has 0 radical (unpaired) electrons. The molecule has 0 heterocycles. The van der Waals surface area contributed by atoms with Gasteiger partial charge in [-0.25, -0.2) is 0 Å². The normalized spacial score (nSPS) is 55.0. The lowest BCUT2D eigenvalue weighted by molar-refractivity contribution is -0.204. The summed E-state index contributed by atoms with van der Waals surface area (Å²) in [5.74, 6) is 0.873. The average Bonchev–Trinajstić information content (AvgIpc) is 2.29. The average molecular weight is 317 g/mol. The van der Waals surface area contributed by atoms with Gasteiger partial charge in [-0.2, -0.15) is 0 Å². The fourth-order valence-electron chi connectivity index (χ4n) is 8.04. The lowest BCUT2D eigenvalue weighted by Crippen LogP contribution is -2.71. The number of amides is 1. The van der Waals surface area contributed by atoms with Crippen molar-refractivity contribution in [2.75, 3.05) is 0 Å². The highest BCUT2D eigenvalue weighted by Crippen LogP contribution is 2.73. The number of carboxylic acids is 1. The minimum Gasteiger partial charge on any atom is -0.481 e. The Labute approximate surface area is 137 Å². The largest absolute Gasteiger partial charge is 0.481 e. The van der Waals surface area contributed by atoms with E-state index in [9.17, 15) is 14.7 Å². The zero-order chi connectivity index (χ0) is 16.1. The Balaban J connectivity index is 1.37. The summed E-state index contributed by atoms with van der Waals surface area (Å²) in [5, 5.41) is 12.9. The molecule has 2 atom stereocenters. The van der Waals surface area contributed by atoms with Gasteiger partial charge < -0.3 is 10.4 Å². The molecule has 4 nitrogen and oxygen atoms in total. The Hall–Kier alpha value is -1.06. The molecule has 6 bridgehead atoms. The lowest BCUT2D eigenvalue weighted by atomic mass is 9.35. The van der Waals surface area contributed by atoms with E-state index in [0.29, 0.717) is 23.7 Å². The first-order valence-electron chi connectivity index (χ1n) is 9.28. The molecule has 0 aliphatic heterocycles. The van der Waals surface area contributed by atoms with Crippen LogP contribution in [0, 0.1) is 28.1 Å². The van der Waals surface area contributed by atoms with E-state index < -0.39 is 5.97 Å². The first-order valence-corrected chi connectivity index (χ1v) is 9.28. The van der Waals surface area contributed by atoms with Gasteiger partial charge in [-0.15, -0.1) is 0 Å². The van der Waals surface area contributed by atoms with Gasteiger partial charge in [0.1, 0.15) is 0 Å². The minimum absolute atomic E-state index is 0.0470. The van der Waals surface area contributed by atoms with Crippen molar-refractivity contribution >= 4 is 11.9 Å². The van der Waals surface area contributed by atoms with Gasteiger partial charge >= 0.3 is 5.97 Å². The molecular formula is C19H27NO3. The second kappa shape index (κ2) is 3.94. The number of carboxylic acid groups (broad SMARTS) is 1. The third-order valence-electron chi connectivity index (χ3n) is 7.86. The van der Waals surface area contributed by atoms with Crippen molar-refractivity contribution in [3.8, 4) is 0 Å². The first-order chi connectivity index (χ1) is 10.7. The minimum atomic E-state index is -0.666. The van der Waals surface area contributed by atoms with Crippen LogP contribution in [0.15, 0.2) is 0 Å². The molecule has 0 aromatic heterocycles. The zero-order valence-electron chi connectivity index (χ0n) is 14.0. The number of rotatable bonds is 4. The van der Waals surface area contributed by atoms with Crippen LogP contribution < -0.4 is 5.32 Å². The number of carbonyl (C=O) groups excluding carboxylic acids is 1. The van der Waals surface area contributed by atoms with Crippen LogP contribution in [0.1, 0.15) is 71.1 Å². The van der Waals surface area contributed by atoms with Crippen molar-refractivity contribution in [1.82, 2.24) is 5.32 Å². The number of hydrogen-bond acceptors (Lipinski definition) is 2. The lowest BCUT2D eigenvalue weighted by Gasteiger charge is -2.69. The van der Waals surface area contributed by atoms with Crippen LogP contribution in [0.2, 0.25) is 0 Å². The predicted molar refractivity (Wildman–Crippen MR) is 84.6 cm³/mol. The van der Waals surface area contributed by atoms with Gasteiger partial charge in [-0.05, 0) is 80.5 Å². The standard InChI is InChI=1S/C19H27NO3/c1-16-8-18(9-16,10-16)15(23)20-19-5-12-2-13(6-19)4-17(3-12,11-19)7-14(21)22/h12-13H,2-11H2,1H3,(H,20,23)(H,21,22). The van der Waals surface area contributed by atoms with E-state index in [1.54, 1.807) is 0 Å². The van der Waals surface area contributed by atoms with Crippen molar-refractivity contribution in [2.24, 2.45) is 28.1 Å². The molecule has 4 heteroatoms. The number of hydrogen-bond donors (Lipinski definition) is 2. The summed E-state index contributed by atoms with van der Waals surface area (Å²) in [4.78, 5) is 24.3. The van der Waals surface area contributed by atoms with Crippen molar-refractivity contribution in [2.45, 2.75) is 76.7 Å². The molecule has 1 amide bonds. The summed E-state index contributed by atoms with van der Waals surface area (Å²) in [5.41, 5.74) is 0.253. The summed E-state index contributed by atoms with van der Waals surface area (Å²) in [6, 6.07) is 0. The van der Waals surface area contributed by atoms with Crippen molar-refractivity contribution in [3.05, 3.63) is 0 Å². The van der Waals surface area contributed by atoms with E-state index in [2.05, 4.69) is 12.2 Å². The molecular weight excluding hydrogens is 290 g/mol. The van der Waals surface area contributed by atoms with Crippen molar-refractivity contribution in [3.63, 3.8) is 0 Å². The smallest absolute Gasteiger partial charge is 0.303 e. The van der Waals surface area contributed by atoms with Crippen LogP contribution in [-0.2, 0) is 9.59 Å². The molecule has 0 aromatic rings. The monoisotopic (exact) mass is 317 g/mol. The molecule has 2 N–H and O–H groups in total. The van der Waals surface area contributed by atoms with Crippen LogP contribution in [0.5, 0.6) is 0 Å². The second-order valence-corrected chi connectivity index (χ2v) is 10.4. The van der Waals surface area contributed by atoms with Crippen LogP contribution in [-0.4, -0.2) is 22.5 Å². The van der Waals surface area contributed by atoms with E-state index in [1.807, 2.05) is 0 Å². The molecule has 0 saturated heterocycles. The molecule has 7 fully saturated rings. The van der Waals surface area contributed by atoms with Gasteiger partial charge in [0.2, 0.25) is 5.91 Å². The Morgan fingerprint density at radius 2 is 1.65 bits per heavy atom. The van der Waals surface area contributed by atoms with Gasteiger partial charge in [-0.3, -0.25) is 9.59 Å². The van der Waals surface area contributed by atoms with Crippen molar-refractivity contribution < 1.29 is 14.7 Å². The van der Waals surface area contributed by atoms with Gasteiger partial charge in [0.25, 0.3) is 0 Å². The summed E-state index contributed by atoms with van der Waals surface area (Å²) < 4.78 is 0. The topological polar surface area (TPSA) is 66.4 Å². The van der Waals surface area contributed by atoms with E-state index >= 15 is 0 Å². The third kappa shape index (κ3) is 1.90. The second-order valence-electron chi connectivity index (χ2n) is 10.4. The number of aliphatic carboxylic acids is 1. The quantitative estimate of drug-likeness (QED) is 0.837. The SMILES string of the molecule is CC12CC(C(=O)NC34CC5CC(CC(CC(=O)O)(C5)C3)C4)(C1)C2. The van der Waals surface area contributed by atoms with Crippen LogP contribution in [0.25, 0.3) is 0 Å². The third-order valence-corrected chi connectivity index (χ3v) is 7.86.